The first-order chi connectivity index (χ1) is 10.1. The molecule has 0 aromatic heterocycles. The van der Waals surface area contributed by atoms with Gasteiger partial charge in [-0.2, -0.15) is 0 Å². The Kier molecular flexibility index (Phi) is 3.06. The second kappa shape index (κ2) is 4.72. The Balaban J connectivity index is 1.63. The van der Waals surface area contributed by atoms with Crippen LogP contribution >= 0.6 is 0 Å². The largest absolute Gasteiger partial charge is 0.478 e. The molecule has 0 unspecified atom stereocenters. The third-order valence-corrected chi connectivity index (χ3v) is 7.19. The monoisotopic (exact) mass is 286 g/mol. The molecule has 4 aliphatic rings. The topological polar surface area (TPSA) is 37.3 Å². The number of aliphatic carboxylic acids is 1. The minimum atomic E-state index is -0.674. The quantitative estimate of drug-likeness (QED) is 0.717. The molecular weight excluding hydrogens is 260 g/mol. The van der Waals surface area contributed by atoms with E-state index in [0.717, 1.165) is 36.2 Å². The molecule has 0 radical (unpaired) electrons. The summed E-state index contributed by atoms with van der Waals surface area (Å²) in [4.78, 5) is 11.6. The fraction of sp³-hybridized carbons (Fsp3) is 0.737. The Labute approximate surface area is 127 Å². The van der Waals surface area contributed by atoms with E-state index >= 15 is 0 Å². The fourth-order valence-electron chi connectivity index (χ4n) is 6.20. The Bertz CT molecular complexity index is 530. The molecule has 2 saturated carbocycles. The lowest BCUT2D eigenvalue weighted by Gasteiger charge is -2.53. The van der Waals surface area contributed by atoms with Gasteiger partial charge in [0, 0.05) is 11.0 Å². The lowest BCUT2D eigenvalue weighted by atomic mass is 9.51. The second-order valence-electron chi connectivity index (χ2n) is 7.90. The summed E-state index contributed by atoms with van der Waals surface area (Å²) in [6, 6.07) is 0. The molecule has 2 heteroatoms. The number of carboxylic acids is 1. The van der Waals surface area contributed by atoms with Crippen molar-refractivity contribution in [1.29, 1.82) is 0 Å². The van der Waals surface area contributed by atoms with E-state index in [-0.39, 0.29) is 5.41 Å². The third kappa shape index (κ3) is 1.87. The van der Waals surface area contributed by atoms with E-state index in [0.29, 0.717) is 5.92 Å². The molecule has 0 spiro atoms. The van der Waals surface area contributed by atoms with Crippen LogP contribution in [0.4, 0.5) is 0 Å². The van der Waals surface area contributed by atoms with Gasteiger partial charge in [-0.05, 0) is 75.0 Å². The number of hydrogen-bond donors (Lipinski definition) is 1. The zero-order chi connectivity index (χ0) is 14.6. The molecule has 5 atom stereocenters. The lowest BCUT2D eigenvalue weighted by molar-refractivity contribution is -0.134. The zero-order valence-corrected chi connectivity index (χ0v) is 13.0. The fourth-order valence-corrected chi connectivity index (χ4v) is 6.20. The molecule has 21 heavy (non-hydrogen) atoms. The summed E-state index contributed by atoms with van der Waals surface area (Å²) >= 11 is 0. The van der Waals surface area contributed by atoms with Crippen molar-refractivity contribution in [3.8, 4) is 0 Å². The van der Waals surface area contributed by atoms with Crippen LogP contribution in [0.5, 0.6) is 0 Å². The molecule has 114 valence electrons. The Morgan fingerprint density at radius 1 is 1.24 bits per heavy atom. The molecular formula is C19H26O2. The Morgan fingerprint density at radius 3 is 2.90 bits per heavy atom. The first kappa shape index (κ1) is 13.6. The maximum Gasteiger partial charge on any atom is 0.331 e. The van der Waals surface area contributed by atoms with Crippen LogP contribution in [0.15, 0.2) is 23.3 Å². The third-order valence-electron chi connectivity index (χ3n) is 7.19. The van der Waals surface area contributed by atoms with Gasteiger partial charge >= 0.3 is 5.97 Å². The number of rotatable bonds is 1. The van der Waals surface area contributed by atoms with Crippen molar-refractivity contribution in [2.24, 2.45) is 29.1 Å². The van der Waals surface area contributed by atoms with Gasteiger partial charge in [-0.15, -0.1) is 0 Å². The van der Waals surface area contributed by atoms with E-state index < -0.39 is 5.97 Å². The summed E-state index contributed by atoms with van der Waals surface area (Å²) in [7, 11) is 0. The van der Waals surface area contributed by atoms with Gasteiger partial charge in [-0.3, -0.25) is 0 Å². The molecule has 0 bridgehead atoms. The number of fused-ring (bicyclic) bond motifs is 5. The molecule has 0 aromatic carbocycles. The van der Waals surface area contributed by atoms with E-state index in [9.17, 15) is 9.90 Å². The highest BCUT2D eigenvalue weighted by Crippen LogP contribution is 2.61. The van der Waals surface area contributed by atoms with Gasteiger partial charge in [0.1, 0.15) is 0 Å². The van der Waals surface area contributed by atoms with Crippen molar-refractivity contribution in [2.75, 3.05) is 0 Å². The summed E-state index contributed by atoms with van der Waals surface area (Å²) in [5, 5.41) is 9.52. The van der Waals surface area contributed by atoms with Crippen LogP contribution < -0.4 is 0 Å². The van der Waals surface area contributed by atoms with E-state index in [1.165, 1.54) is 38.5 Å². The molecule has 0 heterocycles. The Hall–Kier alpha value is -1.05. The number of carboxylic acid groups (broad SMARTS) is 1. The van der Waals surface area contributed by atoms with E-state index in [1.807, 2.05) is 6.08 Å². The molecule has 1 N–H and O–H groups in total. The van der Waals surface area contributed by atoms with Crippen LogP contribution in [-0.2, 0) is 4.79 Å². The van der Waals surface area contributed by atoms with Crippen LogP contribution in [0, 0.1) is 29.1 Å². The molecule has 0 aliphatic heterocycles. The van der Waals surface area contributed by atoms with Crippen LogP contribution in [0.2, 0.25) is 0 Å². The average molecular weight is 286 g/mol. The van der Waals surface area contributed by atoms with Crippen LogP contribution in [0.1, 0.15) is 58.3 Å². The number of hydrogen-bond acceptors (Lipinski definition) is 1. The lowest BCUT2D eigenvalue weighted by Crippen LogP contribution is -2.46. The van der Waals surface area contributed by atoms with E-state index in [4.69, 9.17) is 0 Å². The minimum Gasteiger partial charge on any atom is -0.478 e. The van der Waals surface area contributed by atoms with Crippen LogP contribution in [0.3, 0.4) is 0 Å². The van der Waals surface area contributed by atoms with Crippen molar-refractivity contribution in [1.82, 2.24) is 0 Å². The van der Waals surface area contributed by atoms with E-state index in [2.05, 4.69) is 13.0 Å². The predicted molar refractivity (Wildman–Crippen MR) is 82.8 cm³/mol. The second-order valence-corrected chi connectivity index (χ2v) is 7.90. The molecule has 0 amide bonds. The van der Waals surface area contributed by atoms with Gasteiger partial charge in [0.2, 0.25) is 0 Å². The van der Waals surface area contributed by atoms with Gasteiger partial charge in [-0.25, -0.2) is 4.79 Å². The maximum absolute atomic E-state index is 11.6. The molecule has 2 fully saturated rings. The van der Waals surface area contributed by atoms with Gasteiger partial charge in [0.25, 0.3) is 0 Å². The highest BCUT2D eigenvalue weighted by Gasteiger charge is 2.54. The van der Waals surface area contributed by atoms with Gasteiger partial charge in [-0.1, -0.05) is 24.6 Å². The van der Waals surface area contributed by atoms with Crippen molar-refractivity contribution in [3.63, 3.8) is 0 Å². The molecule has 4 rings (SSSR count). The average Bonchev–Trinajstić information content (AvgIpc) is 2.84. The van der Waals surface area contributed by atoms with Crippen LogP contribution in [0.25, 0.3) is 0 Å². The maximum atomic E-state index is 11.6. The summed E-state index contributed by atoms with van der Waals surface area (Å²) in [5.74, 6) is 2.34. The highest BCUT2D eigenvalue weighted by atomic mass is 16.4. The van der Waals surface area contributed by atoms with Crippen molar-refractivity contribution in [2.45, 2.75) is 58.3 Å². The summed E-state index contributed by atoms with van der Waals surface area (Å²) < 4.78 is 0. The summed E-state index contributed by atoms with van der Waals surface area (Å²) in [6.07, 6.45) is 14.5. The van der Waals surface area contributed by atoms with Crippen molar-refractivity contribution < 1.29 is 9.90 Å². The first-order valence-electron chi connectivity index (χ1n) is 8.74. The predicted octanol–water partition coefficient (Wildman–Crippen LogP) is 4.57. The summed E-state index contributed by atoms with van der Waals surface area (Å²) in [6.45, 7) is 2.23. The van der Waals surface area contributed by atoms with Gasteiger partial charge in [0.15, 0.2) is 0 Å². The molecule has 0 aromatic rings. The van der Waals surface area contributed by atoms with Crippen LogP contribution in [-0.4, -0.2) is 11.1 Å². The first-order valence-corrected chi connectivity index (χ1v) is 8.74. The highest BCUT2D eigenvalue weighted by molar-refractivity contribution is 5.89. The van der Waals surface area contributed by atoms with Gasteiger partial charge in [0.05, 0.1) is 0 Å². The normalized spacial score (nSPS) is 45.0. The molecule has 4 aliphatic carbocycles. The minimum absolute atomic E-state index is 0.0527. The smallest absolute Gasteiger partial charge is 0.331 e. The van der Waals surface area contributed by atoms with E-state index in [1.54, 1.807) is 5.57 Å². The van der Waals surface area contributed by atoms with Crippen molar-refractivity contribution >= 4 is 5.97 Å². The standard InChI is InChI=1S/C19H26O2/c1-19-11-10-14-13-5-3-2-4-12(13)6-7-15(14)16(19)8-9-17(19)18(20)21/h4,9,13-16H,2-3,5-8,10-11H2,1H3,(H,20,21)/t13-,14+,15+,16-,19-/m0/s1. The van der Waals surface area contributed by atoms with Crippen molar-refractivity contribution in [3.05, 3.63) is 23.3 Å². The number of carbonyl (C=O) groups is 1. The zero-order valence-electron chi connectivity index (χ0n) is 13.0. The SMILES string of the molecule is C[C@]12CC[C@H]3[C@@H](CCC4=CCCC[C@@H]43)[C@@H]1CC=C2C(=O)O. The van der Waals surface area contributed by atoms with Gasteiger partial charge < -0.3 is 5.11 Å². The Morgan fingerprint density at radius 2 is 2.10 bits per heavy atom. The number of allylic oxidation sites excluding steroid dienone is 3. The molecule has 2 nitrogen and oxygen atoms in total. The summed E-state index contributed by atoms with van der Waals surface area (Å²) in [5.41, 5.74) is 2.41. The molecule has 0 saturated heterocycles.